The highest BCUT2D eigenvalue weighted by atomic mass is 32.1. The van der Waals surface area contributed by atoms with E-state index in [1.165, 1.54) is 11.3 Å². The summed E-state index contributed by atoms with van der Waals surface area (Å²) in [4.78, 5) is 13.3. The van der Waals surface area contributed by atoms with Crippen LogP contribution in [-0.2, 0) is 0 Å². The van der Waals surface area contributed by atoms with E-state index >= 15 is 0 Å². The zero-order valence-electron chi connectivity index (χ0n) is 9.69. The molecule has 0 saturated heterocycles. The lowest BCUT2D eigenvalue weighted by Crippen LogP contribution is -2.16. The Bertz CT molecular complexity index is 519. The second-order valence-corrected chi connectivity index (χ2v) is 4.51. The summed E-state index contributed by atoms with van der Waals surface area (Å²) < 4.78 is 5.22. The molecule has 2 rings (SSSR count). The molecule has 0 bridgehead atoms. The van der Waals surface area contributed by atoms with Gasteiger partial charge in [0.2, 0.25) is 0 Å². The monoisotopic (exact) mass is 247 g/mol. The number of carbonyl (C=O) groups excluding carboxylic acids is 1. The van der Waals surface area contributed by atoms with Crippen molar-refractivity contribution in [2.75, 3.05) is 14.2 Å². The fourth-order valence-corrected chi connectivity index (χ4v) is 2.62. The number of methoxy groups -OCH3 is 1. The summed E-state index contributed by atoms with van der Waals surface area (Å²) in [6.07, 6.45) is 0. The molecule has 88 valence electrons. The average molecular weight is 247 g/mol. The predicted molar refractivity (Wildman–Crippen MR) is 69.7 cm³/mol. The molecular weight excluding hydrogens is 234 g/mol. The standard InChI is InChI=1S/C13H13NO2S/c1-14-13(15)12-10(16-2)8-11(17-12)9-6-4-3-5-7-9/h3-8H,1-2H3,(H,14,15). The maximum absolute atomic E-state index is 11.7. The number of amides is 1. The van der Waals surface area contributed by atoms with Gasteiger partial charge in [0.25, 0.3) is 5.91 Å². The number of rotatable bonds is 3. The van der Waals surface area contributed by atoms with E-state index < -0.39 is 0 Å². The van der Waals surface area contributed by atoms with Gasteiger partial charge in [-0.25, -0.2) is 0 Å². The number of ether oxygens (including phenoxy) is 1. The largest absolute Gasteiger partial charge is 0.495 e. The molecule has 0 unspecified atom stereocenters. The summed E-state index contributed by atoms with van der Waals surface area (Å²) in [7, 11) is 3.19. The zero-order chi connectivity index (χ0) is 12.3. The van der Waals surface area contributed by atoms with Crippen LogP contribution in [0.15, 0.2) is 36.4 Å². The summed E-state index contributed by atoms with van der Waals surface area (Å²) in [5.41, 5.74) is 1.09. The van der Waals surface area contributed by atoms with Crippen molar-refractivity contribution in [2.45, 2.75) is 0 Å². The van der Waals surface area contributed by atoms with Gasteiger partial charge >= 0.3 is 0 Å². The van der Waals surface area contributed by atoms with Crippen molar-refractivity contribution in [2.24, 2.45) is 0 Å². The van der Waals surface area contributed by atoms with Crippen LogP contribution in [0.4, 0.5) is 0 Å². The quantitative estimate of drug-likeness (QED) is 0.905. The Morgan fingerprint density at radius 1 is 1.29 bits per heavy atom. The highest BCUT2D eigenvalue weighted by Gasteiger charge is 2.16. The summed E-state index contributed by atoms with van der Waals surface area (Å²) in [6.45, 7) is 0. The molecule has 1 amide bonds. The van der Waals surface area contributed by atoms with Crippen LogP contribution in [-0.4, -0.2) is 20.1 Å². The fourth-order valence-electron chi connectivity index (χ4n) is 1.54. The lowest BCUT2D eigenvalue weighted by Gasteiger charge is -1.99. The van der Waals surface area contributed by atoms with E-state index in [0.717, 1.165) is 10.4 Å². The predicted octanol–water partition coefficient (Wildman–Crippen LogP) is 2.78. The van der Waals surface area contributed by atoms with Crippen LogP contribution in [0.5, 0.6) is 5.75 Å². The summed E-state index contributed by atoms with van der Waals surface area (Å²) in [6, 6.07) is 11.8. The Kier molecular flexibility index (Phi) is 3.44. The summed E-state index contributed by atoms with van der Waals surface area (Å²) in [5.74, 6) is 0.502. The molecule has 3 nitrogen and oxygen atoms in total. The molecule has 4 heteroatoms. The minimum atomic E-state index is -0.117. The molecule has 0 atom stereocenters. The van der Waals surface area contributed by atoms with Gasteiger partial charge in [0, 0.05) is 11.9 Å². The molecule has 0 spiro atoms. The Balaban J connectivity index is 2.45. The molecule has 0 aliphatic heterocycles. The van der Waals surface area contributed by atoms with E-state index in [0.29, 0.717) is 10.6 Å². The highest BCUT2D eigenvalue weighted by molar-refractivity contribution is 7.17. The Labute approximate surface area is 104 Å². The molecule has 1 aromatic carbocycles. The van der Waals surface area contributed by atoms with Crippen molar-refractivity contribution in [1.29, 1.82) is 0 Å². The van der Waals surface area contributed by atoms with E-state index in [-0.39, 0.29) is 5.91 Å². The molecule has 0 saturated carbocycles. The number of hydrogen-bond acceptors (Lipinski definition) is 3. The van der Waals surface area contributed by atoms with Crippen LogP contribution in [0.3, 0.4) is 0 Å². The molecule has 2 aromatic rings. The molecule has 0 aliphatic carbocycles. The Morgan fingerprint density at radius 3 is 2.59 bits per heavy atom. The SMILES string of the molecule is CNC(=O)c1sc(-c2ccccc2)cc1OC. The van der Waals surface area contributed by atoms with Gasteiger partial charge in [0.1, 0.15) is 10.6 Å². The first-order valence-corrected chi connectivity index (χ1v) is 6.03. The Hall–Kier alpha value is -1.81. The van der Waals surface area contributed by atoms with Crippen LogP contribution in [0.25, 0.3) is 10.4 Å². The maximum Gasteiger partial charge on any atom is 0.264 e. The van der Waals surface area contributed by atoms with Crippen molar-refractivity contribution in [3.8, 4) is 16.2 Å². The van der Waals surface area contributed by atoms with Gasteiger partial charge in [-0.15, -0.1) is 11.3 Å². The molecule has 0 aliphatic rings. The van der Waals surface area contributed by atoms with E-state index in [2.05, 4.69) is 5.32 Å². The normalized spacial score (nSPS) is 10.0. The number of carbonyl (C=O) groups is 1. The number of hydrogen-bond donors (Lipinski definition) is 1. The van der Waals surface area contributed by atoms with Crippen LogP contribution >= 0.6 is 11.3 Å². The average Bonchev–Trinajstić information content (AvgIpc) is 2.83. The molecule has 0 fully saturated rings. The lowest BCUT2D eigenvalue weighted by atomic mass is 10.2. The Morgan fingerprint density at radius 2 is 2.00 bits per heavy atom. The third-order valence-corrected chi connectivity index (χ3v) is 3.57. The maximum atomic E-state index is 11.7. The van der Waals surface area contributed by atoms with Crippen molar-refractivity contribution < 1.29 is 9.53 Å². The number of benzene rings is 1. The first-order chi connectivity index (χ1) is 8.26. The third kappa shape index (κ3) is 2.31. The first kappa shape index (κ1) is 11.7. The van der Waals surface area contributed by atoms with E-state index in [9.17, 15) is 4.79 Å². The van der Waals surface area contributed by atoms with Gasteiger partial charge in [0.05, 0.1) is 7.11 Å². The summed E-state index contributed by atoms with van der Waals surface area (Å²) in [5, 5.41) is 2.61. The van der Waals surface area contributed by atoms with Gasteiger partial charge in [-0.1, -0.05) is 30.3 Å². The second kappa shape index (κ2) is 5.01. The third-order valence-electron chi connectivity index (χ3n) is 2.41. The number of thiophene rings is 1. The highest BCUT2D eigenvalue weighted by Crippen LogP contribution is 2.35. The van der Waals surface area contributed by atoms with Gasteiger partial charge in [-0.2, -0.15) is 0 Å². The first-order valence-electron chi connectivity index (χ1n) is 5.21. The smallest absolute Gasteiger partial charge is 0.264 e. The topological polar surface area (TPSA) is 38.3 Å². The van der Waals surface area contributed by atoms with Crippen LogP contribution < -0.4 is 10.1 Å². The van der Waals surface area contributed by atoms with Crippen molar-refractivity contribution >= 4 is 17.2 Å². The minimum absolute atomic E-state index is 0.117. The zero-order valence-corrected chi connectivity index (χ0v) is 10.5. The van der Waals surface area contributed by atoms with Gasteiger partial charge in [-0.3, -0.25) is 4.79 Å². The second-order valence-electron chi connectivity index (χ2n) is 3.45. The molecule has 1 N–H and O–H groups in total. The van der Waals surface area contributed by atoms with Crippen LogP contribution in [0, 0.1) is 0 Å². The van der Waals surface area contributed by atoms with Crippen LogP contribution in [0.2, 0.25) is 0 Å². The van der Waals surface area contributed by atoms with Gasteiger partial charge < -0.3 is 10.1 Å². The van der Waals surface area contributed by atoms with Gasteiger partial charge in [-0.05, 0) is 11.6 Å². The van der Waals surface area contributed by atoms with E-state index in [4.69, 9.17) is 4.74 Å². The molecular formula is C13H13NO2S. The van der Waals surface area contributed by atoms with Crippen LogP contribution in [0.1, 0.15) is 9.67 Å². The van der Waals surface area contributed by atoms with Crippen molar-refractivity contribution in [3.63, 3.8) is 0 Å². The molecule has 1 heterocycles. The number of nitrogens with one attached hydrogen (secondary N) is 1. The van der Waals surface area contributed by atoms with E-state index in [1.807, 2.05) is 36.4 Å². The van der Waals surface area contributed by atoms with E-state index in [1.54, 1.807) is 14.2 Å². The fraction of sp³-hybridized carbons (Fsp3) is 0.154. The van der Waals surface area contributed by atoms with Crippen molar-refractivity contribution in [3.05, 3.63) is 41.3 Å². The van der Waals surface area contributed by atoms with Gasteiger partial charge in [0.15, 0.2) is 0 Å². The summed E-state index contributed by atoms with van der Waals surface area (Å²) >= 11 is 1.43. The minimum Gasteiger partial charge on any atom is -0.495 e. The molecule has 1 aromatic heterocycles. The van der Waals surface area contributed by atoms with Crippen molar-refractivity contribution in [1.82, 2.24) is 5.32 Å². The molecule has 0 radical (unpaired) electrons. The molecule has 17 heavy (non-hydrogen) atoms. The lowest BCUT2D eigenvalue weighted by molar-refractivity contribution is 0.0964.